The summed E-state index contributed by atoms with van der Waals surface area (Å²) in [7, 11) is 1.61. The molecule has 27 heavy (non-hydrogen) atoms. The summed E-state index contributed by atoms with van der Waals surface area (Å²) in [5, 5.41) is 0.715. The molecule has 1 aliphatic heterocycles. The molecule has 5 nitrogen and oxygen atoms in total. The number of carbonyl (C=O) groups excluding carboxylic acids is 1. The van der Waals surface area contributed by atoms with Gasteiger partial charge in [0.25, 0.3) is 5.91 Å². The van der Waals surface area contributed by atoms with E-state index >= 15 is 0 Å². The Balaban J connectivity index is 1.69. The molecule has 0 bridgehead atoms. The summed E-state index contributed by atoms with van der Waals surface area (Å²) in [6.07, 6.45) is 2.06. The SMILES string of the molecule is COc1ccc(C(=O)N(CC2CCCO2)c2nc3ccc(C)cc3s2)cc1. The summed E-state index contributed by atoms with van der Waals surface area (Å²) >= 11 is 1.55. The first-order valence-electron chi connectivity index (χ1n) is 9.09. The topological polar surface area (TPSA) is 51.7 Å². The lowest BCUT2D eigenvalue weighted by atomic mass is 10.1. The Morgan fingerprint density at radius 3 is 2.81 bits per heavy atom. The Morgan fingerprint density at radius 1 is 1.30 bits per heavy atom. The van der Waals surface area contributed by atoms with Crippen molar-refractivity contribution in [3.05, 3.63) is 53.6 Å². The summed E-state index contributed by atoms with van der Waals surface area (Å²) in [4.78, 5) is 19.8. The predicted molar refractivity (Wildman–Crippen MR) is 108 cm³/mol. The van der Waals surface area contributed by atoms with Crippen molar-refractivity contribution >= 4 is 32.6 Å². The third-order valence-electron chi connectivity index (χ3n) is 4.76. The van der Waals surface area contributed by atoms with Gasteiger partial charge in [0.2, 0.25) is 0 Å². The van der Waals surface area contributed by atoms with Crippen LogP contribution in [0.5, 0.6) is 5.75 Å². The molecule has 0 radical (unpaired) electrons. The molecule has 2 heterocycles. The number of carbonyl (C=O) groups is 1. The van der Waals surface area contributed by atoms with Crippen molar-refractivity contribution in [2.75, 3.05) is 25.2 Å². The first-order valence-corrected chi connectivity index (χ1v) is 9.90. The third kappa shape index (κ3) is 3.82. The Kier molecular flexibility index (Phi) is 5.09. The molecule has 4 rings (SSSR count). The maximum absolute atomic E-state index is 13.3. The lowest BCUT2D eigenvalue weighted by Crippen LogP contribution is -2.37. The van der Waals surface area contributed by atoms with Crippen molar-refractivity contribution < 1.29 is 14.3 Å². The van der Waals surface area contributed by atoms with Gasteiger partial charge in [0.1, 0.15) is 5.75 Å². The molecule has 2 aromatic carbocycles. The number of methoxy groups -OCH3 is 1. The number of rotatable bonds is 5. The zero-order valence-electron chi connectivity index (χ0n) is 15.5. The number of thiazole rings is 1. The third-order valence-corrected chi connectivity index (χ3v) is 5.80. The second kappa shape index (κ2) is 7.66. The molecule has 140 valence electrons. The molecule has 1 aromatic heterocycles. The van der Waals surface area contributed by atoms with Crippen LogP contribution in [0, 0.1) is 6.92 Å². The van der Waals surface area contributed by atoms with E-state index in [0.717, 1.165) is 35.4 Å². The van der Waals surface area contributed by atoms with Crippen molar-refractivity contribution in [1.29, 1.82) is 0 Å². The highest BCUT2D eigenvalue weighted by atomic mass is 32.1. The first kappa shape index (κ1) is 17.9. The van der Waals surface area contributed by atoms with Crippen LogP contribution in [-0.4, -0.2) is 37.3 Å². The molecule has 1 unspecified atom stereocenters. The Bertz CT molecular complexity index is 946. The standard InChI is InChI=1S/C21H22N2O3S/c1-14-5-10-18-19(12-14)27-21(22-18)23(13-17-4-3-11-26-17)20(24)15-6-8-16(25-2)9-7-15/h5-10,12,17H,3-4,11,13H2,1-2H3. The molecular formula is C21H22N2O3S. The monoisotopic (exact) mass is 382 g/mol. The molecule has 3 aromatic rings. The molecule has 0 aliphatic carbocycles. The molecule has 6 heteroatoms. The second-order valence-corrected chi connectivity index (χ2v) is 7.76. The van der Waals surface area contributed by atoms with Crippen LogP contribution in [0.1, 0.15) is 28.8 Å². The molecule has 1 aliphatic rings. The van der Waals surface area contributed by atoms with Crippen molar-refractivity contribution in [2.45, 2.75) is 25.9 Å². The van der Waals surface area contributed by atoms with E-state index < -0.39 is 0 Å². The first-order chi connectivity index (χ1) is 13.1. The minimum Gasteiger partial charge on any atom is -0.497 e. The molecule has 1 amide bonds. The number of amides is 1. The average molecular weight is 382 g/mol. The minimum atomic E-state index is -0.0658. The van der Waals surface area contributed by atoms with E-state index in [1.807, 2.05) is 12.1 Å². The highest BCUT2D eigenvalue weighted by Gasteiger charge is 2.27. The molecule has 0 saturated carbocycles. The highest BCUT2D eigenvalue weighted by molar-refractivity contribution is 7.22. The van der Waals surface area contributed by atoms with Crippen molar-refractivity contribution in [2.24, 2.45) is 0 Å². The van der Waals surface area contributed by atoms with Gasteiger partial charge < -0.3 is 9.47 Å². The lowest BCUT2D eigenvalue weighted by molar-refractivity contribution is 0.0917. The summed E-state index contributed by atoms with van der Waals surface area (Å²) in [5.74, 6) is 0.664. The fourth-order valence-corrected chi connectivity index (χ4v) is 4.34. The van der Waals surface area contributed by atoms with Crippen LogP contribution < -0.4 is 9.64 Å². The number of aryl methyl sites for hydroxylation is 1. The van der Waals surface area contributed by atoms with Gasteiger partial charge in [-0.05, 0) is 61.7 Å². The summed E-state index contributed by atoms with van der Waals surface area (Å²) < 4.78 is 12.1. The quantitative estimate of drug-likeness (QED) is 0.655. The van der Waals surface area contributed by atoms with Gasteiger partial charge in [-0.2, -0.15) is 0 Å². The summed E-state index contributed by atoms with van der Waals surface area (Å²) in [5.41, 5.74) is 2.72. The van der Waals surface area contributed by atoms with E-state index in [9.17, 15) is 4.79 Å². The van der Waals surface area contributed by atoms with E-state index in [-0.39, 0.29) is 12.0 Å². The molecule has 0 N–H and O–H groups in total. The van der Waals surface area contributed by atoms with Gasteiger partial charge in [-0.15, -0.1) is 0 Å². The van der Waals surface area contributed by atoms with Crippen molar-refractivity contribution in [3.8, 4) is 5.75 Å². The van der Waals surface area contributed by atoms with Gasteiger partial charge in [0.15, 0.2) is 5.13 Å². The molecule has 1 atom stereocenters. The van der Waals surface area contributed by atoms with Gasteiger partial charge in [0, 0.05) is 12.2 Å². The smallest absolute Gasteiger partial charge is 0.260 e. The van der Waals surface area contributed by atoms with Gasteiger partial charge in [-0.25, -0.2) is 4.98 Å². The van der Waals surface area contributed by atoms with Crippen LogP contribution in [0.25, 0.3) is 10.2 Å². The van der Waals surface area contributed by atoms with E-state index in [0.29, 0.717) is 17.2 Å². The zero-order valence-corrected chi connectivity index (χ0v) is 16.3. The van der Waals surface area contributed by atoms with Crippen LogP contribution >= 0.6 is 11.3 Å². The molecule has 1 fully saturated rings. The fourth-order valence-electron chi connectivity index (χ4n) is 3.26. The fraction of sp³-hybridized carbons (Fsp3) is 0.333. The largest absolute Gasteiger partial charge is 0.497 e. The van der Waals surface area contributed by atoms with E-state index in [1.165, 1.54) is 5.56 Å². The predicted octanol–water partition coefficient (Wildman–Crippen LogP) is 4.44. The van der Waals surface area contributed by atoms with Gasteiger partial charge >= 0.3 is 0 Å². The molecular weight excluding hydrogens is 360 g/mol. The number of hydrogen-bond donors (Lipinski definition) is 0. The lowest BCUT2D eigenvalue weighted by Gasteiger charge is -2.23. The van der Waals surface area contributed by atoms with Crippen LogP contribution in [-0.2, 0) is 4.74 Å². The Labute approximate surface area is 162 Å². The van der Waals surface area contributed by atoms with Gasteiger partial charge in [-0.3, -0.25) is 9.69 Å². The number of ether oxygens (including phenoxy) is 2. The molecule has 1 saturated heterocycles. The number of hydrogen-bond acceptors (Lipinski definition) is 5. The average Bonchev–Trinajstić information content (AvgIpc) is 3.34. The minimum absolute atomic E-state index is 0.0564. The number of aromatic nitrogens is 1. The highest BCUT2D eigenvalue weighted by Crippen LogP contribution is 2.31. The zero-order chi connectivity index (χ0) is 18.8. The normalized spacial score (nSPS) is 16.6. The molecule has 0 spiro atoms. The Hall–Kier alpha value is -2.44. The number of benzene rings is 2. The van der Waals surface area contributed by atoms with Gasteiger partial charge in [0.05, 0.1) is 30.0 Å². The van der Waals surface area contributed by atoms with Crippen LogP contribution in [0.2, 0.25) is 0 Å². The van der Waals surface area contributed by atoms with Crippen LogP contribution in [0.15, 0.2) is 42.5 Å². The van der Waals surface area contributed by atoms with Crippen LogP contribution in [0.3, 0.4) is 0 Å². The van der Waals surface area contributed by atoms with E-state index in [1.54, 1.807) is 47.6 Å². The number of fused-ring (bicyclic) bond motifs is 1. The van der Waals surface area contributed by atoms with E-state index in [2.05, 4.69) is 13.0 Å². The second-order valence-electron chi connectivity index (χ2n) is 6.75. The van der Waals surface area contributed by atoms with Crippen molar-refractivity contribution in [1.82, 2.24) is 4.98 Å². The van der Waals surface area contributed by atoms with Gasteiger partial charge in [-0.1, -0.05) is 17.4 Å². The summed E-state index contributed by atoms with van der Waals surface area (Å²) in [6, 6.07) is 13.4. The Morgan fingerprint density at radius 2 is 2.11 bits per heavy atom. The maximum atomic E-state index is 13.3. The summed E-state index contributed by atoms with van der Waals surface area (Å²) in [6.45, 7) is 3.34. The number of nitrogens with zero attached hydrogens (tertiary/aromatic N) is 2. The van der Waals surface area contributed by atoms with E-state index in [4.69, 9.17) is 14.5 Å². The van der Waals surface area contributed by atoms with Crippen LogP contribution in [0.4, 0.5) is 5.13 Å². The number of anilines is 1. The maximum Gasteiger partial charge on any atom is 0.260 e. The van der Waals surface area contributed by atoms with Crippen molar-refractivity contribution in [3.63, 3.8) is 0 Å².